The lowest BCUT2D eigenvalue weighted by molar-refractivity contribution is -0.0113. The fourth-order valence-corrected chi connectivity index (χ4v) is 5.63. The molecule has 0 radical (unpaired) electrons. The Labute approximate surface area is 202 Å². The molecule has 6 rings (SSSR count). The van der Waals surface area contributed by atoms with Crippen LogP contribution in [-0.4, -0.2) is 57.8 Å². The second-order valence-electron chi connectivity index (χ2n) is 9.88. The van der Waals surface area contributed by atoms with E-state index in [0.29, 0.717) is 23.7 Å². The van der Waals surface area contributed by atoms with Gasteiger partial charge in [-0.2, -0.15) is 0 Å². The molecular formula is C25H23ClN6O2. The van der Waals surface area contributed by atoms with Crippen LogP contribution in [0.2, 0.25) is 5.02 Å². The van der Waals surface area contributed by atoms with Gasteiger partial charge in [-0.1, -0.05) is 11.6 Å². The van der Waals surface area contributed by atoms with Crippen molar-refractivity contribution in [2.75, 3.05) is 36.0 Å². The van der Waals surface area contributed by atoms with Crippen LogP contribution in [0.25, 0.3) is 0 Å². The highest BCUT2D eigenvalue weighted by Crippen LogP contribution is 2.45. The lowest BCUT2D eigenvalue weighted by atomic mass is 9.72. The molecule has 3 aliphatic rings. The van der Waals surface area contributed by atoms with Gasteiger partial charge in [0.2, 0.25) is 5.82 Å². The molecule has 0 saturated carbocycles. The average Bonchev–Trinajstić information content (AvgIpc) is 2.97. The first-order valence-electron chi connectivity index (χ1n) is 11.2. The minimum Gasteiger partial charge on any atom is -0.369 e. The van der Waals surface area contributed by atoms with E-state index in [4.69, 9.17) is 11.6 Å². The van der Waals surface area contributed by atoms with Crippen LogP contribution in [0.15, 0.2) is 55.1 Å². The molecule has 5 heterocycles. The molecule has 8 nitrogen and oxygen atoms in total. The molecule has 2 fully saturated rings. The second kappa shape index (κ2) is 7.24. The van der Waals surface area contributed by atoms with E-state index in [2.05, 4.69) is 19.9 Å². The quantitative estimate of drug-likeness (QED) is 0.578. The summed E-state index contributed by atoms with van der Waals surface area (Å²) in [6.45, 7) is 7.11. The molecule has 0 atom stereocenters. The van der Waals surface area contributed by atoms with E-state index in [-0.39, 0.29) is 23.1 Å². The van der Waals surface area contributed by atoms with Gasteiger partial charge >= 0.3 is 0 Å². The van der Waals surface area contributed by atoms with E-state index in [9.17, 15) is 9.59 Å². The van der Waals surface area contributed by atoms with E-state index in [0.717, 1.165) is 30.0 Å². The summed E-state index contributed by atoms with van der Waals surface area (Å²) in [5, 5.41) is 0.617. The first-order valence-corrected chi connectivity index (χ1v) is 11.6. The third kappa shape index (κ3) is 3.09. The molecule has 2 aromatic heterocycles. The summed E-state index contributed by atoms with van der Waals surface area (Å²) in [5.41, 5.74) is 2.87. The Morgan fingerprint density at radius 3 is 2.44 bits per heavy atom. The molecule has 0 bridgehead atoms. The topological polar surface area (TPSA) is 82.5 Å². The van der Waals surface area contributed by atoms with Crippen LogP contribution in [0.3, 0.4) is 0 Å². The van der Waals surface area contributed by atoms with Crippen molar-refractivity contribution in [1.82, 2.24) is 19.9 Å². The van der Waals surface area contributed by atoms with Gasteiger partial charge in [-0.3, -0.25) is 19.5 Å². The molecule has 2 saturated heterocycles. The third-order valence-electron chi connectivity index (χ3n) is 7.12. The van der Waals surface area contributed by atoms with Gasteiger partial charge in [-0.25, -0.2) is 9.97 Å². The van der Waals surface area contributed by atoms with E-state index >= 15 is 0 Å². The van der Waals surface area contributed by atoms with E-state index in [1.807, 2.05) is 32.2 Å². The smallest absolute Gasteiger partial charge is 0.291 e. The molecule has 34 heavy (non-hydrogen) atoms. The van der Waals surface area contributed by atoms with Crippen molar-refractivity contribution in [2.45, 2.75) is 19.4 Å². The number of pyridine rings is 1. The maximum atomic E-state index is 13.3. The lowest BCUT2D eigenvalue weighted by Gasteiger charge is -2.60. The number of nitrogens with zero attached hydrogens (tertiary/aromatic N) is 6. The molecule has 3 aromatic rings. The number of aromatic nitrogens is 3. The predicted octanol–water partition coefficient (Wildman–Crippen LogP) is 3.38. The van der Waals surface area contributed by atoms with Gasteiger partial charge in [0.25, 0.3) is 11.8 Å². The fraction of sp³-hybridized carbons (Fsp3) is 0.320. The average molecular weight is 475 g/mol. The van der Waals surface area contributed by atoms with E-state index in [1.54, 1.807) is 46.6 Å². The Bertz CT molecular complexity index is 1310. The Morgan fingerprint density at radius 2 is 1.71 bits per heavy atom. The number of benzene rings is 1. The monoisotopic (exact) mass is 474 g/mol. The minimum absolute atomic E-state index is 0.0491. The summed E-state index contributed by atoms with van der Waals surface area (Å²) in [6.07, 6.45) is 6.73. The van der Waals surface area contributed by atoms with Gasteiger partial charge in [0.1, 0.15) is 0 Å². The highest BCUT2D eigenvalue weighted by molar-refractivity contribution is 6.31. The third-order valence-corrected chi connectivity index (χ3v) is 7.35. The standard InChI is InChI=1S/C25H23ClN6O2/c1-24(2)20-8-16(26)4-5-19(20)22(33)32(24)18-9-17(10-27-11-18)30-12-25(13-30)14-31(15-25)23(34)21-28-6-3-7-29-21/h3-11H,12-15H2,1-2H3. The number of amides is 2. The number of hydrogen-bond donors (Lipinski definition) is 0. The minimum atomic E-state index is -0.540. The Balaban J connectivity index is 1.16. The highest BCUT2D eigenvalue weighted by atomic mass is 35.5. The molecule has 2 amide bonds. The zero-order valence-electron chi connectivity index (χ0n) is 18.9. The van der Waals surface area contributed by atoms with E-state index < -0.39 is 5.54 Å². The van der Waals surface area contributed by atoms with Crippen molar-refractivity contribution in [3.8, 4) is 0 Å². The van der Waals surface area contributed by atoms with Crippen molar-refractivity contribution < 1.29 is 9.59 Å². The zero-order valence-corrected chi connectivity index (χ0v) is 19.7. The molecule has 172 valence electrons. The lowest BCUT2D eigenvalue weighted by Crippen LogP contribution is -2.73. The van der Waals surface area contributed by atoms with Gasteiger partial charge in [0, 0.05) is 54.6 Å². The number of fused-ring (bicyclic) bond motifs is 1. The van der Waals surface area contributed by atoms with Crippen LogP contribution < -0.4 is 9.80 Å². The van der Waals surface area contributed by atoms with Crippen LogP contribution in [0.4, 0.5) is 11.4 Å². The normalized spacial score (nSPS) is 19.6. The largest absolute Gasteiger partial charge is 0.369 e. The van der Waals surface area contributed by atoms with Crippen molar-refractivity contribution in [2.24, 2.45) is 5.41 Å². The number of hydrogen-bond acceptors (Lipinski definition) is 6. The van der Waals surface area contributed by atoms with Crippen LogP contribution >= 0.6 is 11.6 Å². The summed E-state index contributed by atoms with van der Waals surface area (Å²) >= 11 is 6.22. The van der Waals surface area contributed by atoms with Crippen LogP contribution in [-0.2, 0) is 5.54 Å². The Kier molecular flexibility index (Phi) is 4.48. The summed E-state index contributed by atoms with van der Waals surface area (Å²) < 4.78 is 0. The van der Waals surface area contributed by atoms with Crippen molar-refractivity contribution in [1.29, 1.82) is 0 Å². The van der Waals surface area contributed by atoms with Gasteiger partial charge < -0.3 is 9.80 Å². The van der Waals surface area contributed by atoms with Gasteiger partial charge in [-0.15, -0.1) is 0 Å². The molecule has 9 heteroatoms. The molecule has 0 aliphatic carbocycles. The van der Waals surface area contributed by atoms with Crippen molar-refractivity contribution in [3.63, 3.8) is 0 Å². The molecule has 3 aliphatic heterocycles. The maximum Gasteiger partial charge on any atom is 0.291 e. The number of carbonyl (C=O) groups excluding carboxylic acids is 2. The molecular weight excluding hydrogens is 452 g/mol. The zero-order chi connectivity index (χ0) is 23.7. The first kappa shape index (κ1) is 21.0. The summed E-state index contributed by atoms with van der Waals surface area (Å²) in [4.78, 5) is 44.2. The predicted molar refractivity (Wildman–Crippen MR) is 128 cm³/mol. The number of likely N-dealkylation sites (tertiary alicyclic amines) is 1. The summed E-state index contributed by atoms with van der Waals surface area (Å²) in [7, 11) is 0. The van der Waals surface area contributed by atoms with E-state index in [1.165, 1.54) is 0 Å². The molecule has 0 unspecified atom stereocenters. The van der Waals surface area contributed by atoms with Gasteiger partial charge in [0.05, 0.1) is 29.3 Å². The van der Waals surface area contributed by atoms with Crippen LogP contribution in [0, 0.1) is 5.41 Å². The van der Waals surface area contributed by atoms with Crippen LogP contribution in [0.1, 0.15) is 40.4 Å². The number of rotatable bonds is 3. The summed E-state index contributed by atoms with van der Waals surface area (Å²) in [6, 6.07) is 9.14. The van der Waals surface area contributed by atoms with Gasteiger partial charge in [0.15, 0.2) is 0 Å². The Morgan fingerprint density at radius 1 is 1.00 bits per heavy atom. The fourth-order valence-electron chi connectivity index (χ4n) is 5.46. The molecule has 1 aromatic carbocycles. The number of anilines is 2. The van der Waals surface area contributed by atoms with Crippen LogP contribution in [0.5, 0.6) is 0 Å². The Hall–Kier alpha value is -3.52. The highest BCUT2D eigenvalue weighted by Gasteiger charge is 2.54. The van der Waals surface area contributed by atoms with Crippen molar-refractivity contribution in [3.05, 3.63) is 77.1 Å². The molecule has 0 N–H and O–H groups in total. The number of halogens is 1. The van der Waals surface area contributed by atoms with Crippen molar-refractivity contribution >= 4 is 34.8 Å². The second-order valence-corrected chi connectivity index (χ2v) is 10.3. The number of carbonyl (C=O) groups is 2. The maximum absolute atomic E-state index is 13.3. The first-order chi connectivity index (χ1) is 16.3. The molecule has 1 spiro atoms. The summed E-state index contributed by atoms with van der Waals surface area (Å²) in [5.74, 6) is 0.0698. The SMILES string of the molecule is CC1(C)c2cc(Cl)ccc2C(=O)N1c1cncc(N2CC3(CN(C(=O)c4ncccn4)C3)C2)c1. The van der Waals surface area contributed by atoms with Gasteiger partial charge in [-0.05, 0) is 49.7 Å².